The van der Waals surface area contributed by atoms with E-state index in [0.29, 0.717) is 0 Å². The van der Waals surface area contributed by atoms with Crippen molar-refractivity contribution in [2.24, 2.45) is 0 Å². The van der Waals surface area contributed by atoms with Gasteiger partial charge in [0.15, 0.2) is 0 Å². The van der Waals surface area contributed by atoms with E-state index < -0.39 is 0 Å². The molecule has 2 heteroatoms. The third-order valence-corrected chi connectivity index (χ3v) is 3.56. The maximum absolute atomic E-state index is 5.97. The number of aryl methyl sites for hydroxylation is 1. The summed E-state index contributed by atoms with van der Waals surface area (Å²) in [4.78, 5) is 0. The molecule has 108 valence electrons. The van der Waals surface area contributed by atoms with E-state index in [4.69, 9.17) is 16.3 Å². The predicted molar refractivity (Wildman–Crippen MR) is 84.6 cm³/mol. The SMILES string of the molecule is CCc1ccc(OCCCCCCl)c(C(C)(C)C)c1. The summed E-state index contributed by atoms with van der Waals surface area (Å²) >= 11 is 5.68. The van der Waals surface area contributed by atoms with Gasteiger partial charge in [0.2, 0.25) is 0 Å². The summed E-state index contributed by atoms with van der Waals surface area (Å²) in [5.41, 5.74) is 2.81. The number of hydrogen-bond acceptors (Lipinski definition) is 1. The molecule has 0 unspecified atom stereocenters. The normalized spacial score (nSPS) is 11.6. The van der Waals surface area contributed by atoms with E-state index in [1.54, 1.807) is 0 Å². The first kappa shape index (κ1) is 16.4. The number of halogens is 1. The molecule has 19 heavy (non-hydrogen) atoms. The standard InChI is InChI=1S/C17H27ClO/c1-5-14-9-10-16(15(13-14)17(2,3)4)19-12-8-6-7-11-18/h9-10,13H,5-8,11-12H2,1-4H3. The molecule has 1 aromatic rings. The van der Waals surface area contributed by atoms with Gasteiger partial charge in [0.05, 0.1) is 6.61 Å². The van der Waals surface area contributed by atoms with Gasteiger partial charge in [-0.05, 0) is 48.3 Å². The third-order valence-electron chi connectivity index (χ3n) is 3.30. The van der Waals surface area contributed by atoms with Crippen molar-refractivity contribution in [2.45, 2.75) is 58.8 Å². The molecule has 0 aliphatic rings. The van der Waals surface area contributed by atoms with E-state index in [1.807, 2.05) is 0 Å². The smallest absolute Gasteiger partial charge is 0.123 e. The lowest BCUT2D eigenvalue weighted by molar-refractivity contribution is 0.298. The topological polar surface area (TPSA) is 9.23 Å². The summed E-state index contributed by atoms with van der Waals surface area (Å²) in [6.45, 7) is 9.69. The van der Waals surface area contributed by atoms with E-state index in [2.05, 4.69) is 45.9 Å². The molecule has 1 aromatic carbocycles. The molecule has 0 aliphatic carbocycles. The number of alkyl halides is 1. The minimum absolute atomic E-state index is 0.122. The van der Waals surface area contributed by atoms with Gasteiger partial charge < -0.3 is 4.74 Å². The summed E-state index contributed by atoms with van der Waals surface area (Å²) in [6, 6.07) is 6.58. The Labute approximate surface area is 123 Å². The van der Waals surface area contributed by atoms with Crippen LogP contribution >= 0.6 is 11.6 Å². The number of rotatable bonds is 7. The maximum atomic E-state index is 5.97. The first-order valence-corrected chi connectivity index (χ1v) is 7.84. The third kappa shape index (κ3) is 5.44. The van der Waals surface area contributed by atoms with Crippen LogP contribution in [0.25, 0.3) is 0 Å². The van der Waals surface area contributed by atoms with Crippen LogP contribution < -0.4 is 4.74 Å². The van der Waals surface area contributed by atoms with Crippen LogP contribution in [0.4, 0.5) is 0 Å². The molecule has 0 radical (unpaired) electrons. The van der Waals surface area contributed by atoms with Gasteiger partial charge in [0.1, 0.15) is 5.75 Å². The molecule has 0 heterocycles. The second-order valence-electron chi connectivity index (χ2n) is 6.03. The van der Waals surface area contributed by atoms with Crippen molar-refractivity contribution in [3.8, 4) is 5.75 Å². The lowest BCUT2D eigenvalue weighted by Gasteiger charge is -2.23. The van der Waals surface area contributed by atoms with Crippen LogP contribution in [0.15, 0.2) is 18.2 Å². The van der Waals surface area contributed by atoms with Crippen LogP contribution in [0.3, 0.4) is 0 Å². The molecule has 1 nitrogen and oxygen atoms in total. The lowest BCUT2D eigenvalue weighted by Crippen LogP contribution is -2.14. The average Bonchev–Trinajstić information content (AvgIpc) is 2.37. The Morgan fingerprint density at radius 2 is 1.84 bits per heavy atom. The van der Waals surface area contributed by atoms with E-state index in [1.165, 1.54) is 11.1 Å². The molecule has 0 aromatic heterocycles. The van der Waals surface area contributed by atoms with Crippen molar-refractivity contribution in [3.05, 3.63) is 29.3 Å². The monoisotopic (exact) mass is 282 g/mol. The maximum Gasteiger partial charge on any atom is 0.123 e. The molecule has 0 N–H and O–H groups in total. The van der Waals surface area contributed by atoms with Crippen LogP contribution in [-0.2, 0) is 11.8 Å². The highest BCUT2D eigenvalue weighted by molar-refractivity contribution is 6.17. The van der Waals surface area contributed by atoms with E-state index >= 15 is 0 Å². The molecule has 0 spiro atoms. The number of unbranched alkanes of at least 4 members (excludes halogenated alkanes) is 2. The zero-order valence-electron chi connectivity index (χ0n) is 12.8. The van der Waals surface area contributed by atoms with Gasteiger partial charge in [-0.25, -0.2) is 0 Å². The molecule has 0 aliphatic heterocycles. The predicted octanol–water partition coefficient (Wildman–Crippen LogP) is 5.33. The van der Waals surface area contributed by atoms with Crippen molar-refractivity contribution in [1.29, 1.82) is 0 Å². The van der Waals surface area contributed by atoms with Gasteiger partial charge in [-0.3, -0.25) is 0 Å². The van der Waals surface area contributed by atoms with Crippen molar-refractivity contribution in [2.75, 3.05) is 12.5 Å². The summed E-state index contributed by atoms with van der Waals surface area (Å²) in [5.74, 6) is 1.79. The van der Waals surface area contributed by atoms with Crippen LogP contribution in [0, 0.1) is 0 Å². The highest BCUT2D eigenvalue weighted by atomic mass is 35.5. The molecular weight excluding hydrogens is 256 g/mol. The van der Waals surface area contributed by atoms with Gasteiger partial charge in [0.25, 0.3) is 0 Å². The van der Waals surface area contributed by atoms with Gasteiger partial charge in [0, 0.05) is 5.88 Å². The highest BCUT2D eigenvalue weighted by Gasteiger charge is 2.19. The van der Waals surface area contributed by atoms with Crippen LogP contribution in [0.5, 0.6) is 5.75 Å². The molecule has 0 saturated carbocycles. The van der Waals surface area contributed by atoms with Crippen molar-refractivity contribution < 1.29 is 4.74 Å². The Morgan fingerprint density at radius 3 is 2.42 bits per heavy atom. The fraction of sp³-hybridized carbons (Fsp3) is 0.647. The first-order valence-electron chi connectivity index (χ1n) is 7.31. The van der Waals surface area contributed by atoms with E-state index in [9.17, 15) is 0 Å². The molecule has 1 rings (SSSR count). The van der Waals surface area contributed by atoms with Crippen molar-refractivity contribution in [1.82, 2.24) is 0 Å². The minimum Gasteiger partial charge on any atom is -0.493 e. The summed E-state index contributed by atoms with van der Waals surface area (Å²) in [6.07, 6.45) is 4.36. The van der Waals surface area contributed by atoms with E-state index in [-0.39, 0.29) is 5.41 Å². The highest BCUT2D eigenvalue weighted by Crippen LogP contribution is 2.32. The summed E-state index contributed by atoms with van der Waals surface area (Å²) < 4.78 is 5.97. The van der Waals surface area contributed by atoms with Crippen molar-refractivity contribution in [3.63, 3.8) is 0 Å². The summed E-state index contributed by atoms with van der Waals surface area (Å²) in [5, 5.41) is 0. The molecule has 0 atom stereocenters. The van der Waals surface area contributed by atoms with Crippen LogP contribution in [0.1, 0.15) is 58.1 Å². The van der Waals surface area contributed by atoms with Gasteiger partial charge in [-0.1, -0.05) is 39.8 Å². The fourth-order valence-corrected chi connectivity index (χ4v) is 2.25. The minimum atomic E-state index is 0.122. The zero-order valence-corrected chi connectivity index (χ0v) is 13.5. The average molecular weight is 283 g/mol. The Morgan fingerprint density at radius 1 is 1.11 bits per heavy atom. The zero-order chi connectivity index (χ0) is 14.3. The Hall–Kier alpha value is -0.690. The quantitative estimate of drug-likeness (QED) is 0.485. The Balaban J connectivity index is 2.71. The molecule has 0 fully saturated rings. The lowest BCUT2D eigenvalue weighted by atomic mass is 9.85. The number of benzene rings is 1. The second-order valence-corrected chi connectivity index (χ2v) is 6.41. The molecular formula is C17H27ClO. The van der Waals surface area contributed by atoms with Gasteiger partial charge in [-0.2, -0.15) is 0 Å². The van der Waals surface area contributed by atoms with E-state index in [0.717, 1.165) is 43.9 Å². The largest absolute Gasteiger partial charge is 0.493 e. The second kappa shape index (κ2) is 7.79. The number of ether oxygens (including phenoxy) is 1. The fourth-order valence-electron chi connectivity index (χ4n) is 2.06. The van der Waals surface area contributed by atoms with Gasteiger partial charge >= 0.3 is 0 Å². The molecule has 0 amide bonds. The Bertz CT molecular complexity index is 379. The number of hydrogen-bond donors (Lipinski definition) is 0. The first-order chi connectivity index (χ1) is 8.99. The van der Waals surface area contributed by atoms with Crippen LogP contribution in [0.2, 0.25) is 0 Å². The summed E-state index contributed by atoms with van der Waals surface area (Å²) in [7, 11) is 0. The molecule has 0 saturated heterocycles. The van der Waals surface area contributed by atoms with Crippen molar-refractivity contribution >= 4 is 11.6 Å². The molecule has 0 bridgehead atoms. The van der Waals surface area contributed by atoms with Gasteiger partial charge in [-0.15, -0.1) is 11.6 Å². The Kier molecular flexibility index (Phi) is 6.71. The van der Waals surface area contributed by atoms with Crippen LogP contribution in [-0.4, -0.2) is 12.5 Å².